The van der Waals surface area contributed by atoms with Gasteiger partial charge in [0, 0.05) is 0 Å². The van der Waals surface area contributed by atoms with E-state index in [0.29, 0.717) is 0 Å². The molecule has 0 aliphatic carbocycles. The van der Waals surface area contributed by atoms with Crippen LogP contribution in [0.4, 0.5) is 0 Å². The van der Waals surface area contributed by atoms with E-state index in [1.54, 1.807) is 0 Å². The Balaban J connectivity index is 3.31. The Morgan fingerprint density at radius 2 is 2.00 bits per heavy atom. The molecule has 0 aromatic carbocycles. The molecule has 4 N–H and O–H groups in total. The fourth-order valence-electron chi connectivity index (χ4n) is 0.689. The molecule has 0 bridgehead atoms. The maximum absolute atomic E-state index is 11.4. The van der Waals surface area contributed by atoms with E-state index in [0.717, 1.165) is 11.3 Å². The van der Waals surface area contributed by atoms with Crippen LogP contribution < -0.4 is 11.5 Å². The Labute approximate surface area is 94.4 Å². The highest BCUT2D eigenvalue weighted by molar-refractivity contribution is 7.90. The van der Waals surface area contributed by atoms with Crippen molar-refractivity contribution in [3.05, 3.63) is 14.7 Å². The molecule has 78 valence electrons. The average molecular weight is 274 g/mol. The highest BCUT2D eigenvalue weighted by Gasteiger charge is 2.20. The van der Waals surface area contributed by atoms with Crippen LogP contribution in [0, 0.1) is 0 Å². The van der Waals surface area contributed by atoms with Crippen molar-refractivity contribution in [2.24, 2.45) is 15.9 Å². The lowest BCUT2D eigenvalue weighted by Crippen LogP contribution is -2.24. The molecular formula is C5H5Cl2N3O2S2. The van der Waals surface area contributed by atoms with Crippen LogP contribution in [0.3, 0.4) is 0 Å². The zero-order valence-electron chi connectivity index (χ0n) is 6.57. The standard InChI is InChI=1S/C5H5Cl2N3O2S2/c6-3-1-2(4(7)13-3)14(11,12)10-5(8)9/h1H,(H4,8,9,10). The number of sulfonamides is 1. The van der Waals surface area contributed by atoms with E-state index in [1.165, 1.54) is 6.07 Å². The molecule has 1 heterocycles. The molecule has 0 aliphatic rings. The highest BCUT2D eigenvalue weighted by atomic mass is 35.5. The lowest BCUT2D eigenvalue weighted by molar-refractivity contribution is 0.598. The largest absolute Gasteiger partial charge is 0.369 e. The number of nitrogens with two attached hydrogens (primary N) is 2. The molecule has 0 unspecified atom stereocenters. The molecule has 0 spiro atoms. The summed E-state index contributed by atoms with van der Waals surface area (Å²) in [6.45, 7) is 0. The van der Waals surface area contributed by atoms with Crippen LogP contribution in [0.2, 0.25) is 8.67 Å². The van der Waals surface area contributed by atoms with Gasteiger partial charge in [0.05, 0.1) is 4.34 Å². The van der Waals surface area contributed by atoms with Crippen LogP contribution in [-0.4, -0.2) is 14.4 Å². The lowest BCUT2D eigenvalue weighted by atomic mass is 10.7. The van der Waals surface area contributed by atoms with Gasteiger partial charge < -0.3 is 11.5 Å². The fraction of sp³-hybridized carbons (Fsp3) is 0. The van der Waals surface area contributed by atoms with E-state index in [-0.39, 0.29) is 13.6 Å². The minimum atomic E-state index is -3.94. The number of thiophene rings is 1. The van der Waals surface area contributed by atoms with Crippen LogP contribution in [0.5, 0.6) is 0 Å². The SMILES string of the molecule is NC(N)=NS(=O)(=O)c1cc(Cl)sc1Cl. The summed E-state index contributed by atoms with van der Waals surface area (Å²) in [4.78, 5) is -0.192. The molecule has 0 saturated carbocycles. The van der Waals surface area contributed by atoms with Crippen molar-refractivity contribution >= 4 is 50.5 Å². The number of guanidine groups is 1. The van der Waals surface area contributed by atoms with E-state index < -0.39 is 16.0 Å². The van der Waals surface area contributed by atoms with Crippen molar-refractivity contribution < 1.29 is 8.42 Å². The van der Waals surface area contributed by atoms with Gasteiger partial charge in [-0.15, -0.1) is 15.7 Å². The third-order valence-corrected chi connectivity index (χ3v) is 4.19. The fourth-order valence-corrected chi connectivity index (χ4v) is 3.68. The molecule has 0 radical (unpaired) electrons. The second-order valence-electron chi connectivity index (χ2n) is 2.18. The quantitative estimate of drug-likeness (QED) is 0.621. The van der Waals surface area contributed by atoms with Gasteiger partial charge in [0.2, 0.25) is 5.96 Å². The number of hydrogen-bond donors (Lipinski definition) is 2. The van der Waals surface area contributed by atoms with E-state index in [4.69, 9.17) is 34.7 Å². The number of hydrogen-bond acceptors (Lipinski definition) is 3. The summed E-state index contributed by atoms with van der Waals surface area (Å²) in [5.41, 5.74) is 9.90. The van der Waals surface area contributed by atoms with Crippen LogP contribution in [-0.2, 0) is 10.0 Å². The van der Waals surface area contributed by atoms with Crippen molar-refractivity contribution in [2.75, 3.05) is 0 Å². The van der Waals surface area contributed by atoms with Gasteiger partial charge in [-0.3, -0.25) is 0 Å². The molecule has 1 aromatic heterocycles. The molecule has 0 aliphatic heterocycles. The van der Waals surface area contributed by atoms with Crippen LogP contribution in [0.15, 0.2) is 15.4 Å². The Bertz CT molecular complexity index is 475. The summed E-state index contributed by atoms with van der Waals surface area (Å²) in [7, 11) is -3.94. The molecule has 0 fully saturated rings. The van der Waals surface area contributed by atoms with Gasteiger partial charge in [0.15, 0.2) is 0 Å². The molecule has 0 saturated heterocycles. The first kappa shape index (κ1) is 11.6. The minimum Gasteiger partial charge on any atom is -0.369 e. The van der Waals surface area contributed by atoms with Gasteiger partial charge in [-0.1, -0.05) is 23.2 Å². The van der Waals surface area contributed by atoms with E-state index >= 15 is 0 Å². The second-order valence-corrected chi connectivity index (χ2v) is 6.04. The molecule has 0 atom stereocenters. The average Bonchev–Trinajstić information content (AvgIpc) is 2.27. The maximum Gasteiger partial charge on any atom is 0.287 e. The summed E-state index contributed by atoms with van der Waals surface area (Å²) >= 11 is 12.1. The summed E-state index contributed by atoms with van der Waals surface area (Å²) in [5.74, 6) is -0.552. The highest BCUT2D eigenvalue weighted by Crippen LogP contribution is 2.34. The van der Waals surface area contributed by atoms with Crippen LogP contribution >= 0.6 is 34.5 Å². The van der Waals surface area contributed by atoms with Crippen molar-refractivity contribution in [1.29, 1.82) is 0 Å². The number of nitrogens with zero attached hydrogens (tertiary/aromatic N) is 1. The molecular weight excluding hydrogens is 269 g/mol. The molecule has 0 amide bonds. The zero-order valence-corrected chi connectivity index (χ0v) is 9.71. The Morgan fingerprint density at radius 3 is 2.36 bits per heavy atom. The van der Waals surface area contributed by atoms with E-state index in [1.807, 2.05) is 0 Å². The third-order valence-electron chi connectivity index (χ3n) is 1.13. The third kappa shape index (κ3) is 2.50. The summed E-state index contributed by atoms with van der Waals surface area (Å²) < 4.78 is 26.1. The first-order chi connectivity index (χ1) is 6.33. The summed E-state index contributed by atoms with van der Waals surface area (Å²) in [6, 6.07) is 1.19. The summed E-state index contributed by atoms with van der Waals surface area (Å²) in [5, 5.41) is 0. The molecule has 5 nitrogen and oxygen atoms in total. The number of halogens is 2. The maximum atomic E-state index is 11.4. The van der Waals surface area contributed by atoms with Crippen molar-refractivity contribution in [3.63, 3.8) is 0 Å². The molecule has 14 heavy (non-hydrogen) atoms. The van der Waals surface area contributed by atoms with Crippen molar-refractivity contribution in [1.82, 2.24) is 0 Å². The zero-order chi connectivity index (χ0) is 10.9. The number of rotatable bonds is 2. The van der Waals surface area contributed by atoms with Crippen LogP contribution in [0.1, 0.15) is 0 Å². The van der Waals surface area contributed by atoms with Gasteiger partial charge in [-0.05, 0) is 6.07 Å². The normalized spacial score (nSPS) is 11.3. The Kier molecular flexibility index (Phi) is 3.25. The topological polar surface area (TPSA) is 98.5 Å². The monoisotopic (exact) mass is 273 g/mol. The Morgan fingerprint density at radius 1 is 1.43 bits per heavy atom. The summed E-state index contributed by atoms with van der Waals surface area (Å²) in [6.07, 6.45) is 0. The van der Waals surface area contributed by atoms with Crippen molar-refractivity contribution in [3.8, 4) is 0 Å². The lowest BCUT2D eigenvalue weighted by Gasteiger charge is -1.95. The van der Waals surface area contributed by atoms with Crippen molar-refractivity contribution in [2.45, 2.75) is 4.90 Å². The minimum absolute atomic E-state index is 0.0278. The predicted octanol–water partition coefficient (Wildman–Crippen LogP) is 1.02. The van der Waals surface area contributed by atoms with E-state index in [2.05, 4.69) is 4.40 Å². The smallest absolute Gasteiger partial charge is 0.287 e. The van der Waals surface area contributed by atoms with Crippen LogP contribution in [0.25, 0.3) is 0 Å². The van der Waals surface area contributed by atoms with Gasteiger partial charge >= 0.3 is 0 Å². The Hall–Kier alpha value is -0.500. The van der Waals surface area contributed by atoms with E-state index in [9.17, 15) is 8.42 Å². The predicted molar refractivity (Wildman–Crippen MR) is 57.3 cm³/mol. The first-order valence-corrected chi connectivity index (χ1v) is 6.15. The van der Waals surface area contributed by atoms with Gasteiger partial charge in [-0.2, -0.15) is 8.42 Å². The van der Waals surface area contributed by atoms with Gasteiger partial charge in [-0.25, -0.2) is 0 Å². The van der Waals surface area contributed by atoms with Gasteiger partial charge in [0.25, 0.3) is 10.0 Å². The second kappa shape index (κ2) is 3.93. The molecule has 9 heteroatoms. The van der Waals surface area contributed by atoms with Gasteiger partial charge in [0.1, 0.15) is 9.23 Å². The molecule has 1 rings (SSSR count). The molecule has 1 aromatic rings. The first-order valence-electron chi connectivity index (χ1n) is 3.13.